The highest BCUT2D eigenvalue weighted by molar-refractivity contribution is 7.32. The smallest absolute Gasteiger partial charge is 0.350 e. The summed E-state index contributed by atoms with van der Waals surface area (Å²) in [5.74, 6) is -0.229. The molecule has 0 aliphatic carbocycles. The minimum absolute atomic E-state index is 0.0181. The van der Waals surface area contributed by atoms with E-state index in [1.165, 1.54) is 0 Å². The van der Waals surface area contributed by atoms with Crippen LogP contribution in [0.3, 0.4) is 0 Å². The lowest BCUT2D eigenvalue weighted by molar-refractivity contribution is 0.0946. The molecule has 1 rings (SSSR count). The summed E-state index contributed by atoms with van der Waals surface area (Å²) in [6.45, 7) is 0.222. The summed E-state index contributed by atoms with van der Waals surface area (Å²) in [5, 5.41) is 2.55. The number of nitrogens with one attached hydrogen (secondary N) is 1. The van der Waals surface area contributed by atoms with Crippen LogP contribution in [0.15, 0.2) is 30.3 Å². The molecule has 1 aromatic rings. The molecule has 2 N–H and O–H groups in total. The normalized spacial score (nSPS) is 10.9. The fourth-order valence-corrected chi connectivity index (χ4v) is 1.23. The predicted octanol–water partition coefficient (Wildman–Crippen LogP) is 1.08. The number of benzene rings is 1. The van der Waals surface area contributed by atoms with Crippen molar-refractivity contribution in [2.24, 2.45) is 0 Å². The molecule has 1 atom stereocenters. The molecule has 0 bridgehead atoms. The summed E-state index contributed by atoms with van der Waals surface area (Å²) < 4.78 is 14.5. The van der Waals surface area contributed by atoms with Crippen LogP contribution in [0.25, 0.3) is 0 Å². The van der Waals surface area contributed by atoms with Gasteiger partial charge in [0, 0.05) is 16.7 Å². The summed E-state index contributed by atoms with van der Waals surface area (Å²) in [6, 6.07) is 8.70. The van der Waals surface area contributed by atoms with E-state index in [1.807, 2.05) is 6.07 Å². The molecule has 0 spiro atoms. The topological polar surface area (TPSA) is 75.6 Å². The minimum atomic E-state index is -2.59. The van der Waals surface area contributed by atoms with Crippen LogP contribution >= 0.6 is 8.25 Å². The van der Waals surface area contributed by atoms with Gasteiger partial charge >= 0.3 is 8.25 Å². The van der Waals surface area contributed by atoms with E-state index in [2.05, 4.69) is 9.84 Å². The predicted molar refractivity (Wildman–Crippen MR) is 54.6 cm³/mol. The SMILES string of the molecule is O=C(NCCO[P+](=O)O)c1ccccc1. The van der Waals surface area contributed by atoms with Gasteiger partial charge in [-0.25, -0.2) is 0 Å². The second-order valence-corrected chi connectivity index (χ2v) is 3.43. The Morgan fingerprint density at radius 3 is 2.67 bits per heavy atom. The fourth-order valence-electron chi connectivity index (χ4n) is 0.980. The molecule has 6 heteroatoms. The molecule has 80 valence electrons. The largest absolute Gasteiger partial charge is 0.694 e. The van der Waals surface area contributed by atoms with Gasteiger partial charge in [0.2, 0.25) is 0 Å². The molecule has 0 aliphatic rings. The average Bonchev–Trinajstić information content (AvgIpc) is 2.25. The third-order valence-electron chi connectivity index (χ3n) is 1.63. The van der Waals surface area contributed by atoms with E-state index in [0.717, 1.165) is 0 Å². The number of hydrogen-bond donors (Lipinski definition) is 2. The van der Waals surface area contributed by atoms with Crippen molar-refractivity contribution >= 4 is 14.2 Å². The summed E-state index contributed by atoms with van der Waals surface area (Å²) in [7, 11) is -2.59. The Kier molecular flexibility index (Phi) is 4.90. The third-order valence-corrected chi connectivity index (χ3v) is 2.03. The molecular weight excluding hydrogens is 217 g/mol. The summed E-state index contributed by atoms with van der Waals surface area (Å²) in [4.78, 5) is 19.7. The number of rotatable bonds is 5. The van der Waals surface area contributed by atoms with Crippen LogP contribution in [0, 0.1) is 0 Å². The first kappa shape index (κ1) is 11.8. The molecule has 0 heterocycles. The van der Waals surface area contributed by atoms with Crippen molar-refractivity contribution in [3.8, 4) is 0 Å². The Hall–Kier alpha value is -1.29. The van der Waals surface area contributed by atoms with Crippen molar-refractivity contribution in [1.82, 2.24) is 5.32 Å². The van der Waals surface area contributed by atoms with Gasteiger partial charge in [-0.05, 0) is 12.1 Å². The van der Waals surface area contributed by atoms with E-state index in [4.69, 9.17) is 4.89 Å². The molecule has 1 unspecified atom stereocenters. The highest BCUT2D eigenvalue weighted by Gasteiger charge is 2.11. The quantitative estimate of drug-likeness (QED) is 0.584. The van der Waals surface area contributed by atoms with E-state index in [1.54, 1.807) is 24.3 Å². The number of hydrogen-bond acceptors (Lipinski definition) is 3. The summed E-state index contributed by atoms with van der Waals surface area (Å²) in [5.41, 5.74) is 0.547. The van der Waals surface area contributed by atoms with Gasteiger partial charge in [-0.3, -0.25) is 4.79 Å². The number of carbonyl (C=O) groups excluding carboxylic acids is 1. The van der Waals surface area contributed by atoms with Gasteiger partial charge in [0.25, 0.3) is 5.91 Å². The van der Waals surface area contributed by atoms with Gasteiger partial charge in [0.15, 0.2) is 0 Å². The van der Waals surface area contributed by atoms with Gasteiger partial charge in [0.1, 0.15) is 6.61 Å². The van der Waals surface area contributed by atoms with E-state index < -0.39 is 8.25 Å². The molecule has 0 fully saturated rings. The van der Waals surface area contributed by atoms with Crippen LogP contribution in [0.1, 0.15) is 10.4 Å². The Labute approximate surface area is 88.0 Å². The van der Waals surface area contributed by atoms with Crippen molar-refractivity contribution in [3.05, 3.63) is 35.9 Å². The Balaban J connectivity index is 2.28. The summed E-state index contributed by atoms with van der Waals surface area (Å²) >= 11 is 0. The zero-order valence-electron chi connectivity index (χ0n) is 7.92. The summed E-state index contributed by atoms with van der Waals surface area (Å²) in [6.07, 6.45) is 0. The Morgan fingerprint density at radius 2 is 2.07 bits per heavy atom. The lowest BCUT2D eigenvalue weighted by Crippen LogP contribution is -2.26. The molecule has 1 amide bonds. The van der Waals surface area contributed by atoms with Gasteiger partial charge in [0.05, 0.1) is 0 Å². The second kappa shape index (κ2) is 6.24. The zero-order valence-corrected chi connectivity index (χ0v) is 8.81. The second-order valence-electron chi connectivity index (χ2n) is 2.69. The molecular formula is C9H11NO4P+. The van der Waals surface area contributed by atoms with Crippen LogP contribution in [0.4, 0.5) is 0 Å². The Bertz CT molecular complexity index is 341. The molecule has 0 radical (unpaired) electrons. The molecule has 15 heavy (non-hydrogen) atoms. The van der Waals surface area contributed by atoms with Crippen LogP contribution in [0.5, 0.6) is 0 Å². The Morgan fingerprint density at radius 1 is 1.40 bits per heavy atom. The third kappa shape index (κ3) is 4.65. The number of carbonyl (C=O) groups is 1. The maximum absolute atomic E-state index is 11.4. The minimum Gasteiger partial charge on any atom is -0.350 e. The molecule has 0 saturated heterocycles. The van der Waals surface area contributed by atoms with Crippen molar-refractivity contribution in [2.45, 2.75) is 0 Å². The molecule has 0 aliphatic heterocycles. The maximum Gasteiger partial charge on any atom is 0.694 e. The van der Waals surface area contributed by atoms with Gasteiger partial charge in [-0.2, -0.15) is 0 Å². The van der Waals surface area contributed by atoms with E-state index in [9.17, 15) is 9.36 Å². The van der Waals surface area contributed by atoms with E-state index in [0.29, 0.717) is 5.56 Å². The molecule has 0 aromatic heterocycles. The zero-order chi connectivity index (χ0) is 11.1. The molecule has 5 nitrogen and oxygen atoms in total. The van der Waals surface area contributed by atoms with Crippen LogP contribution in [-0.4, -0.2) is 24.0 Å². The first-order chi connectivity index (χ1) is 7.20. The van der Waals surface area contributed by atoms with Crippen LogP contribution < -0.4 is 5.32 Å². The van der Waals surface area contributed by atoms with E-state index >= 15 is 0 Å². The van der Waals surface area contributed by atoms with Crippen LogP contribution in [-0.2, 0) is 9.09 Å². The number of amides is 1. The van der Waals surface area contributed by atoms with Crippen molar-refractivity contribution < 1.29 is 18.8 Å². The monoisotopic (exact) mass is 228 g/mol. The first-order valence-corrected chi connectivity index (χ1v) is 5.45. The van der Waals surface area contributed by atoms with Gasteiger partial charge in [-0.15, -0.1) is 9.42 Å². The molecule has 1 aromatic carbocycles. The van der Waals surface area contributed by atoms with Crippen molar-refractivity contribution in [3.63, 3.8) is 0 Å². The van der Waals surface area contributed by atoms with Crippen molar-refractivity contribution in [2.75, 3.05) is 13.2 Å². The molecule has 0 saturated carbocycles. The lowest BCUT2D eigenvalue weighted by Gasteiger charge is -2.01. The first-order valence-electron chi connectivity index (χ1n) is 4.32. The van der Waals surface area contributed by atoms with Crippen molar-refractivity contribution in [1.29, 1.82) is 0 Å². The van der Waals surface area contributed by atoms with Gasteiger partial charge < -0.3 is 5.32 Å². The standard InChI is InChI=1S/C9H10NO4P/c11-9(8-4-2-1-3-5-8)10-6-7-14-15(12)13/h1-5H,6-7H2,(H-,10,11,12,13)/p+1. The highest BCUT2D eigenvalue weighted by atomic mass is 31.1. The highest BCUT2D eigenvalue weighted by Crippen LogP contribution is 2.12. The average molecular weight is 228 g/mol. The lowest BCUT2D eigenvalue weighted by atomic mass is 10.2. The van der Waals surface area contributed by atoms with Crippen LogP contribution in [0.2, 0.25) is 0 Å². The van der Waals surface area contributed by atoms with E-state index in [-0.39, 0.29) is 19.1 Å². The van der Waals surface area contributed by atoms with Gasteiger partial charge in [-0.1, -0.05) is 18.2 Å². The maximum atomic E-state index is 11.4. The fraction of sp³-hybridized carbons (Fsp3) is 0.222.